The molecule has 0 atom stereocenters. The average Bonchev–Trinajstić information content (AvgIpc) is 2.95. The number of fused-ring (bicyclic) bond motifs is 1. The lowest BCUT2D eigenvalue weighted by Crippen LogP contribution is -2.21. The molecule has 0 unspecified atom stereocenters. The fourth-order valence-electron chi connectivity index (χ4n) is 4.42. The minimum atomic E-state index is -0.507. The molecular formula is C32H36N4O5. The number of benzene rings is 3. The van der Waals surface area contributed by atoms with Crippen LogP contribution >= 0.6 is 0 Å². The summed E-state index contributed by atoms with van der Waals surface area (Å²) in [5.74, 6) is 1.33. The molecule has 0 spiro atoms. The molecule has 41 heavy (non-hydrogen) atoms. The Morgan fingerprint density at radius 1 is 1.07 bits per heavy atom. The molecule has 0 fully saturated rings. The van der Waals surface area contributed by atoms with Crippen molar-refractivity contribution < 1.29 is 19.0 Å². The second-order valence-corrected chi connectivity index (χ2v) is 10.1. The van der Waals surface area contributed by atoms with Crippen molar-refractivity contribution in [1.29, 1.82) is 0 Å². The molecule has 0 aliphatic rings. The molecule has 9 nitrogen and oxygen atoms in total. The topological polar surface area (TPSA) is 95.3 Å². The number of aromatic nitrogens is 2. The largest absolute Gasteiger partial charge is 0.494 e. The second-order valence-electron chi connectivity index (χ2n) is 10.1. The van der Waals surface area contributed by atoms with Crippen LogP contribution in [0.1, 0.15) is 43.4 Å². The van der Waals surface area contributed by atoms with Gasteiger partial charge in [0.15, 0.2) is 12.4 Å². The zero-order chi connectivity index (χ0) is 29.7. The van der Waals surface area contributed by atoms with E-state index in [4.69, 9.17) is 19.2 Å². The molecule has 1 heterocycles. The van der Waals surface area contributed by atoms with Crippen molar-refractivity contribution in [1.82, 2.24) is 9.66 Å². The minimum Gasteiger partial charge on any atom is -0.494 e. The van der Waals surface area contributed by atoms with E-state index in [0.717, 1.165) is 28.1 Å². The Balaban J connectivity index is 1.91. The van der Waals surface area contributed by atoms with Crippen LogP contribution in [-0.2, 0) is 9.53 Å². The smallest absolute Gasteiger partial charge is 0.343 e. The van der Waals surface area contributed by atoms with E-state index in [1.165, 1.54) is 11.8 Å². The number of carbonyl (C=O) groups excluding carboxylic acids is 1. The van der Waals surface area contributed by atoms with Crippen molar-refractivity contribution in [3.8, 4) is 22.9 Å². The highest BCUT2D eigenvalue weighted by Gasteiger charge is 2.19. The van der Waals surface area contributed by atoms with Crippen LogP contribution in [0.5, 0.6) is 11.5 Å². The van der Waals surface area contributed by atoms with Crippen molar-refractivity contribution in [3.63, 3.8) is 0 Å². The van der Waals surface area contributed by atoms with Crippen molar-refractivity contribution in [2.75, 3.05) is 39.3 Å². The normalized spacial score (nSPS) is 11.3. The fraction of sp³-hybridized carbons (Fsp3) is 0.312. The first-order valence-corrected chi connectivity index (χ1v) is 13.5. The zero-order valence-corrected chi connectivity index (χ0v) is 24.6. The molecule has 0 amide bonds. The van der Waals surface area contributed by atoms with E-state index in [9.17, 15) is 9.59 Å². The van der Waals surface area contributed by atoms with Crippen LogP contribution in [0, 0.1) is 6.92 Å². The highest BCUT2D eigenvalue weighted by atomic mass is 16.6. The molecule has 0 radical (unpaired) electrons. The first-order valence-electron chi connectivity index (χ1n) is 13.5. The monoisotopic (exact) mass is 556 g/mol. The van der Waals surface area contributed by atoms with Crippen LogP contribution in [0.4, 0.5) is 5.69 Å². The van der Waals surface area contributed by atoms with Gasteiger partial charge in [0.05, 0.1) is 30.8 Å². The number of methoxy groups -OCH3 is 1. The van der Waals surface area contributed by atoms with Gasteiger partial charge < -0.3 is 19.1 Å². The van der Waals surface area contributed by atoms with Crippen LogP contribution in [0.2, 0.25) is 0 Å². The maximum atomic E-state index is 13.8. The average molecular weight is 557 g/mol. The molecule has 0 aliphatic heterocycles. The number of esters is 1. The third-order valence-corrected chi connectivity index (χ3v) is 6.67. The summed E-state index contributed by atoms with van der Waals surface area (Å²) in [6.07, 6.45) is 1.54. The molecule has 0 bridgehead atoms. The molecule has 4 aromatic rings. The lowest BCUT2D eigenvalue weighted by molar-refractivity contribution is -0.142. The Hall–Kier alpha value is -4.66. The number of rotatable bonds is 10. The van der Waals surface area contributed by atoms with Crippen LogP contribution < -0.4 is 19.9 Å². The van der Waals surface area contributed by atoms with Gasteiger partial charge in [0.25, 0.3) is 5.56 Å². The van der Waals surface area contributed by atoms with Gasteiger partial charge in [-0.2, -0.15) is 9.78 Å². The van der Waals surface area contributed by atoms with E-state index in [1.807, 2.05) is 69.2 Å². The summed E-state index contributed by atoms with van der Waals surface area (Å²) in [5.41, 5.74) is 4.43. The van der Waals surface area contributed by atoms with Gasteiger partial charge in [0.1, 0.15) is 11.5 Å². The molecule has 3 aromatic carbocycles. The van der Waals surface area contributed by atoms with Crippen molar-refractivity contribution in [2.45, 2.75) is 33.6 Å². The summed E-state index contributed by atoms with van der Waals surface area (Å²) in [7, 11) is 5.12. The Morgan fingerprint density at radius 2 is 1.83 bits per heavy atom. The number of ether oxygens (including phenoxy) is 3. The standard InChI is InChI=1S/C32H36N4O5/c1-8-40-29-15-21(4)26(17-25(29)20(2)3)31-34-27-12-10-9-11-24(27)32(38)36(31)33-18-22-13-14-23(35(5)6)16-28(22)41-19-30(37)39-7/h9-18,20H,8,19H2,1-7H3. The van der Waals surface area contributed by atoms with E-state index in [2.05, 4.69) is 18.9 Å². The van der Waals surface area contributed by atoms with E-state index >= 15 is 0 Å². The molecule has 0 aliphatic carbocycles. The Morgan fingerprint density at radius 3 is 2.51 bits per heavy atom. The first kappa shape index (κ1) is 29.3. The predicted molar refractivity (Wildman–Crippen MR) is 163 cm³/mol. The zero-order valence-electron chi connectivity index (χ0n) is 24.6. The molecule has 9 heteroatoms. The maximum Gasteiger partial charge on any atom is 0.343 e. The van der Waals surface area contributed by atoms with Gasteiger partial charge in [-0.3, -0.25) is 4.79 Å². The third-order valence-electron chi connectivity index (χ3n) is 6.67. The van der Waals surface area contributed by atoms with Gasteiger partial charge in [-0.1, -0.05) is 26.0 Å². The van der Waals surface area contributed by atoms with Gasteiger partial charge in [-0.05, 0) is 67.3 Å². The molecule has 0 saturated carbocycles. The Labute approximate surface area is 240 Å². The van der Waals surface area contributed by atoms with E-state index in [1.54, 1.807) is 24.4 Å². The Kier molecular flexibility index (Phi) is 9.07. The van der Waals surface area contributed by atoms with Gasteiger partial charge in [-0.25, -0.2) is 9.78 Å². The van der Waals surface area contributed by atoms with Crippen molar-refractivity contribution >= 4 is 28.8 Å². The van der Waals surface area contributed by atoms with Crippen molar-refractivity contribution in [2.24, 2.45) is 5.10 Å². The number of carbonyl (C=O) groups is 1. The highest BCUT2D eigenvalue weighted by molar-refractivity contribution is 5.86. The van der Waals surface area contributed by atoms with Crippen LogP contribution in [0.15, 0.2) is 64.5 Å². The minimum absolute atomic E-state index is 0.185. The summed E-state index contributed by atoms with van der Waals surface area (Å²) >= 11 is 0. The molecule has 0 saturated heterocycles. The SMILES string of the molecule is CCOc1cc(C)c(-c2nc3ccccc3c(=O)n2N=Cc2ccc(N(C)C)cc2OCC(=O)OC)cc1C(C)C. The fourth-order valence-corrected chi connectivity index (χ4v) is 4.42. The number of aryl methyl sites for hydroxylation is 1. The number of hydrogen-bond donors (Lipinski definition) is 0. The highest BCUT2D eigenvalue weighted by Crippen LogP contribution is 2.34. The van der Waals surface area contributed by atoms with Crippen LogP contribution in [-0.4, -0.2) is 56.3 Å². The van der Waals surface area contributed by atoms with E-state index < -0.39 is 5.97 Å². The van der Waals surface area contributed by atoms with Gasteiger partial charge in [-0.15, -0.1) is 0 Å². The number of para-hydroxylation sites is 1. The Bertz CT molecular complexity index is 1660. The van der Waals surface area contributed by atoms with Crippen molar-refractivity contribution in [3.05, 3.63) is 81.6 Å². The molecular weight excluding hydrogens is 520 g/mol. The van der Waals surface area contributed by atoms with E-state index in [-0.39, 0.29) is 18.1 Å². The molecule has 1 aromatic heterocycles. The lowest BCUT2D eigenvalue weighted by atomic mass is 9.96. The van der Waals surface area contributed by atoms with E-state index in [0.29, 0.717) is 34.6 Å². The number of nitrogens with zero attached hydrogens (tertiary/aromatic N) is 4. The maximum absolute atomic E-state index is 13.8. The summed E-state index contributed by atoms with van der Waals surface area (Å²) in [5, 5.41) is 5.09. The first-order chi connectivity index (χ1) is 19.6. The molecule has 4 rings (SSSR count). The van der Waals surface area contributed by atoms with Gasteiger partial charge in [0, 0.05) is 37.0 Å². The lowest BCUT2D eigenvalue weighted by Gasteiger charge is -2.18. The number of hydrogen-bond acceptors (Lipinski definition) is 8. The summed E-state index contributed by atoms with van der Waals surface area (Å²) in [4.78, 5) is 32.4. The van der Waals surface area contributed by atoms with Crippen LogP contribution in [0.25, 0.3) is 22.3 Å². The number of anilines is 1. The predicted octanol–water partition coefficient (Wildman–Crippen LogP) is 5.39. The second kappa shape index (κ2) is 12.7. The van der Waals surface area contributed by atoms with Gasteiger partial charge in [0.2, 0.25) is 0 Å². The summed E-state index contributed by atoms with van der Waals surface area (Å²) in [6.45, 7) is 8.41. The third kappa shape index (κ3) is 6.40. The summed E-state index contributed by atoms with van der Waals surface area (Å²) in [6, 6.07) is 16.8. The quantitative estimate of drug-likeness (QED) is 0.191. The molecule has 214 valence electrons. The van der Waals surface area contributed by atoms with Gasteiger partial charge >= 0.3 is 5.97 Å². The summed E-state index contributed by atoms with van der Waals surface area (Å²) < 4.78 is 17.7. The molecule has 0 N–H and O–H groups in total. The van der Waals surface area contributed by atoms with Crippen LogP contribution in [0.3, 0.4) is 0 Å².